The van der Waals surface area contributed by atoms with Gasteiger partial charge < -0.3 is 14.8 Å². The van der Waals surface area contributed by atoms with Gasteiger partial charge in [-0.25, -0.2) is 4.98 Å². The van der Waals surface area contributed by atoms with E-state index >= 15 is 0 Å². The molecule has 1 aromatic rings. The van der Waals surface area contributed by atoms with Crippen molar-refractivity contribution in [1.82, 2.24) is 19.8 Å². The van der Waals surface area contributed by atoms with Gasteiger partial charge in [-0.05, 0) is 38.5 Å². The standard InChI is InChI=1S/C18H28N4O2/c1-2-3-5-10-19-17(23)15-14-9-4-6-13-22(14)16(20-15)18(24)21-11-7-8-12-21/h2-13H2,1H3,(H,19,23). The Morgan fingerprint density at radius 3 is 2.58 bits per heavy atom. The Morgan fingerprint density at radius 2 is 1.83 bits per heavy atom. The first-order valence-corrected chi connectivity index (χ1v) is 9.39. The van der Waals surface area contributed by atoms with Gasteiger partial charge in [0.2, 0.25) is 0 Å². The maximum atomic E-state index is 12.8. The summed E-state index contributed by atoms with van der Waals surface area (Å²) in [6.45, 7) is 5.22. The molecule has 1 aromatic heterocycles. The lowest BCUT2D eigenvalue weighted by Gasteiger charge is -2.19. The van der Waals surface area contributed by atoms with Gasteiger partial charge in [0, 0.05) is 26.2 Å². The molecule has 2 amide bonds. The van der Waals surface area contributed by atoms with E-state index in [-0.39, 0.29) is 11.8 Å². The Kier molecular flexibility index (Phi) is 5.53. The molecule has 0 aliphatic carbocycles. The Morgan fingerprint density at radius 1 is 1.08 bits per heavy atom. The molecule has 0 unspecified atom stereocenters. The molecular formula is C18H28N4O2. The average Bonchev–Trinajstić information content (AvgIpc) is 3.26. The highest BCUT2D eigenvalue weighted by molar-refractivity contribution is 5.97. The van der Waals surface area contributed by atoms with Crippen molar-refractivity contribution in [2.45, 2.75) is 64.8 Å². The van der Waals surface area contributed by atoms with Crippen LogP contribution >= 0.6 is 0 Å². The first-order valence-electron chi connectivity index (χ1n) is 9.39. The highest BCUT2D eigenvalue weighted by Gasteiger charge is 2.30. The van der Waals surface area contributed by atoms with E-state index in [0.717, 1.165) is 76.7 Å². The van der Waals surface area contributed by atoms with Crippen molar-refractivity contribution in [3.05, 3.63) is 17.2 Å². The van der Waals surface area contributed by atoms with Crippen LogP contribution < -0.4 is 5.32 Å². The Balaban J connectivity index is 1.79. The van der Waals surface area contributed by atoms with Gasteiger partial charge in [0.25, 0.3) is 11.8 Å². The van der Waals surface area contributed by atoms with E-state index in [1.807, 2.05) is 9.47 Å². The molecular weight excluding hydrogens is 304 g/mol. The predicted octanol–water partition coefficient (Wildman–Crippen LogP) is 2.38. The minimum absolute atomic E-state index is 0.0133. The number of aromatic nitrogens is 2. The second kappa shape index (κ2) is 7.81. The van der Waals surface area contributed by atoms with Crippen LogP contribution in [0.1, 0.15) is 78.7 Å². The molecule has 0 radical (unpaired) electrons. The van der Waals surface area contributed by atoms with Crippen molar-refractivity contribution in [1.29, 1.82) is 0 Å². The second-order valence-corrected chi connectivity index (χ2v) is 6.80. The molecule has 3 heterocycles. The van der Waals surface area contributed by atoms with Crippen LogP contribution in [0.4, 0.5) is 0 Å². The molecule has 1 saturated heterocycles. The van der Waals surface area contributed by atoms with Crippen molar-refractivity contribution in [2.24, 2.45) is 0 Å². The van der Waals surface area contributed by atoms with Crippen LogP contribution in [0.2, 0.25) is 0 Å². The first kappa shape index (κ1) is 17.0. The Bertz CT molecular complexity index is 602. The molecule has 0 atom stereocenters. The van der Waals surface area contributed by atoms with E-state index in [9.17, 15) is 9.59 Å². The second-order valence-electron chi connectivity index (χ2n) is 6.80. The van der Waals surface area contributed by atoms with Crippen molar-refractivity contribution in [2.75, 3.05) is 19.6 Å². The SMILES string of the molecule is CCCCCNC(=O)c1nc(C(=O)N2CCCC2)n2c1CCCC2. The third-order valence-electron chi connectivity index (χ3n) is 4.98. The molecule has 0 bridgehead atoms. The molecule has 1 N–H and O–H groups in total. The molecule has 3 rings (SSSR count). The van der Waals surface area contributed by atoms with Gasteiger partial charge in [-0.3, -0.25) is 9.59 Å². The maximum Gasteiger partial charge on any atom is 0.289 e. The maximum absolute atomic E-state index is 12.8. The van der Waals surface area contributed by atoms with Gasteiger partial charge in [-0.15, -0.1) is 0 Å². The number of carbonyl (C=O) groups excluding carboxylic acids is 2. The summed E-state index contributed by atoms with van der Waals surface area (Å²) in [4.78, 5) is 31.7. The lowest BCUT2D eigenvalue weighted by Crippen LogP contribution is -2.31. The van der Waals surface area contributed by atoms with Gasteiger partial charge in [-0.2, -0.15) is 0 Å². The Hall–Kier alpha value is -1.85. The van der Waals surface area contributed by atoms with Crippen molar-refractivity contribution < 1.29 is 9.59 Å². The number of unbranched alkanes of at least 4 members (excludes halogenated alkanes) is 2. The van der Waals surface area contributed by atoms with Crippen molar-refractivity contribution >= 4 is 11.8 Å². The lowest BCUT2D eigenvalue weighted by atomic mass is 10.1. The van der Waals surface area contributed by atoms with E-state index in [2.05, 4.69) is 17.2 Å². The van der Waals surface area contributed by atoms with E-state index in [1.165, 1.54) is 0 Å². The largest absolute Gasteiger partial charge is 0.351 e. The zero-order valence-electron chi connectivity index (χ0n) is 14.6. The smallest absolute Gasteiger partial charge is 0.289 e. The minimum atomic E-state index is -0.128. The highest BCUT2D eigenvalue weighted by Crippen LogP contribution is 2.23. The number of imidazole rings is 1. The molecule has 2 aliphatic rings. The fraction of sp³-hybridized carbons (Fsp3) is 0.722. The molecule has 0 spiro atoms. The molecule has 2 aliphatic heterocycles. The van der Waals surface area contributed by atoms with Crippen LogP contribution in [-0.4, -0.2) is 45.9 Å². The van der Waals surface area contributed by atoms with Crippen LogP contribution in [0.15, 0.2) is 0 Å². The molecule has 0 aromatic carbocycles. The quantitative estimate of drug-likeness (QED) is 0.813. The number of hydrogen-bond donors (Lipinski definition) is 1. The van der Waals surface area contributed by atoms with Crippen LogP contribution in [0, 0.1) is 0 Å². The molecule has 6 nitrogen and oxygen atoms in total. The monoisotopic (exact) mass is 332 g/mol. The van der Waals surface area contributed by atoms with Crippen molar-refractivity contribution in [3.8, 4) is 0 Å². The van der Waals surface area contributed by atoms with Gasteiger partial charge in [0.05, 0.1) is 5.69 Å². The predicted molar refractivity (Wildman–Crippen MR) is 92.2 cm³/mol. The third kappa shape index (κ3) is 3.47. The zero-order chi connectivity index (χ0) is 16.9. The molecule has 0 saturated carbocycles. The van der Waals surface area contributed by atoms with Crippen LogP contribution in [0.25, 0.3) is 0 Å². The number of fused-ring (bicyclic) bond motifs is 1. The number of rotatable bonds is 6. The minimum Gasteiger partial charge on any atom is -0.351 e. The summed E-state index contributed by atoms with van der Waals surface area (Å²) in [6, 6.07) is 0. The number of carbonyl (C=O) groups is 2. The van der Waals surface area contributed by atoms with Gasteiger partial charge in [0.1, 0.15) is 5.69 Å². The summed E-state index contributed by atoms with van der Waals surface area (Å²) >= 11 is 0. The normalized spacial score (nSPS) is 17.0. The van der Waals surface area contributed by atoms with Gasteiger partial charge in [-0.1, -0.05) is 19.8 Å². The number of nitrogens with zero attached hydrogens (tertiary/aromatic N) is 3. The van der Waals surface area contributed by atoms with Crippen molar-refractivity contribution in [3.63, 3.8) is 0 Å². The molecule has 1 fully saturated rings. The Labute approximate surface area is 143 Å². The molecule has 24 heavy (non-hydrogen) atoms. The number of likely N-dealkylation sites (tertiary alicyclic amines) is 1. The fourth-order valence-electron chi connectivity index (χ4n) is 3.61. The summed E-state index contributed by atoms with van der Waals surface area (Å²) in [5.41, 5.74) is 1.41. The van der Waals surface area contributed by atoms with E-state index in [1.54, 1.807) is 0 Å². The summed E-state index contributed by atoms with van der Waals surface area (Å²) in [6.07, 6.45) is 8.27. The van der Waals surface area contributed by atoms with Gasteiger partial charge >= 0.3 is 0 Å². The molecule has 6 heteroatoms. The first-order chi connectivity index (χ1) is 11.7. The van der Waals surface area contributed by atoms with E-state index in [4.69, 9.17) is 0 Å². The van der Waals surface area contributed by atoms with Gasteiger partial charge in [0.15, 0.2) is 5.82 Å². The number of nitrogens with one attached hydrogen (secondary N) is 1. The van der Waals surface area contributed by atoms with E-state index < -0.39 is 0 Å². The lowest BCUT2D eigenvalue weighted by molar-refractivity contribution is 0.0774. The average molecular weight is 332 g/mol. The number of hydrogen-bond acceptors (Lipinski definition) is 3. The summed E-state index contributed by atoms with van der Waals surface area (Å²) < 4.78 is 1.99. The topological polar surface area (TPSA) is 67.2 Å². The highest BCUT2D eigenvalue weighted by atomic mass is 16.2. The summed E-state index contributed by atoms with van der Waals surface area (Å²) in [7, 11) is 0. The van der Waals surface area contributed by atoms with E-state index in [0.29, 0.717) is 18.1 Å². The fourth-order valence-corrected chi connectivity index (χ4v) is 3.61. The summed E-state index contributed by atoms with van der Waals surface area (Å²) in [5.74, 6) is 0.322. The van der Waals surface area contributed by atoms with Crippen LogP contribution in [-0.2, 0) is 13.0 Å². The van der Waals surface area contributed by atoms with Crippen LogP contribution in [0.5, 0.6) is 0 Å². The zero-order valence-corrected chi connectivity index (χ0v) is 14.6. The number of amides is 2. The molecule has 132 valence electrons. The third-order valence-corrected chi connectivity index (χ3v) is 4.98. The summed E-state index contributed by atoms with van der Waals surface area (Å²) in [5, 5.41) is 2.97. The van der Waals surface area contributed by atoms with Crippen LogP contribution in [0.3, 0.4) is 0 Å².